The first kappa shape index (κ1) is 15.4. The zero-order chi connectivity index (χ0) is 15.2. The van der Waals surface area contributed by atoms with Crippen molar-refractivity contribution in [1.82, 2.24) is 0 Å². The zero-order valence-electron chi connectivity index (χ0n) is 12.2. The minimum atomic E-state index is -0.0678. The van der Waals surface area contributed by atoms with Crippen LogP contribution in [0.25, 0.3) is 0 Å². The summed E-state index contributed by atoms with van der Waals surface area (Å²) in [7, 11) is 0. The molecular formula is C17H18ClNO2. The van der Waals surface area contributed by atoms with Gasteiger partial charge in [0.15, 0.2) is 6.61 Å². The first-order valence-electron chi connectivity index (χ1n) is 6.86. The Balaban J connectivity index is 2.04. The van der Waals surface area contributed by atoms with Crippen LogP contribution in [-0.2, 0) is 4.79 Å². The molecule has 0 saturated carbocycles. The maximum absolute atomic E-state index is 12.3. The van der Waals surface area contributed by atoms with E-state index >= 15 is 0 Å². The molecule has 0 aliphatic carbocycles. The van der Waals surface area contributed by atoms with Crippen LogP contribution in [0.15, 0.2) is 48.5 Å². The number of benzene rings is 2. The lowest BCUT2D eigenvalue weighted by molar-refractivity contribution is -0.120. The Kier molecular flexibility index (Phi) is 5.23. The van der Waals surface area contributed by atoms with E-state index in [-0.39, 0.29) is 12.5 Å². The van der Waals surface area contributed by atoms with Gasteiger partial charge in [0.1, 0.15) is 5.75 Å². The molecule has 1 amide bonds. The van der Waals surface area contributed by atoms with Crippen LogP contribution in [0, 0.1) is 6.92 Å². The summed E-state index contributed by atoms with van der Waals surface area (Å²) in [5.41, 5.74) is 1.99. The molecular weight excluding hydrogens is 286 g/mol. The van der Waals surface area contributed by atoms with Crippen molar-refractivity contribution in [3.63, 3.8) is 0 Å². The number of anilines is 1. The third-order valence-electron chi connectivity index (χ3n) is 3.20. The fourth-order valence-corrected chi connectivity index (χ4v) is 2.23. The third-order valence-corrected chi connectivity index (χ3v) is 3.45. The van der Waals surface area contributed by atoms with Crippen LogP contribution in [0.1, 0.15) is 12.5 Å². The molecule has 110 valence electrons. The van der Waals surface area contributed by atoms with E-state index in [1.54, 1.807) is 29.2 Å². The molecule has 3 nitrogen and oxygen atoms in total. The number of rotatable bonds is 5. The van der Waals surface area contributed by atoms with Gasteiger partial charge in [0.2, 0.25) is 0 Å². The fraction of sp³-hybridized carbons (Fsp3) is 0.235. The van der Waals surface area contributed by atoms with Gasteiger partial charge < -0.3 is 9.64 Å². The van der Waals surface area contributed by atoms with E-state index in [0.717, 1.165) is 11.3 Å². The lowest BCUT2D eigenvalue weighted by Crippen LogP contribution is -2.35. The molecule has 0 saturated heterocycles. The average molecular weight is 304 g/mol. The van der Waals surface area contributed by atoms with Crippen LogP contribution >= 0.6 is 11.6 Å². The van der Waals surface area contributed by atoms with Gasteiger partial charge in [-0.15, -0.1) is 0 Å². The summed E-state index contributed by atoms with van der Waals surface area (Å²) < 4.78 is 5.52. The van der Waals surface area contributed by atoms with E-state index in [0.29, 0.717) is 17.3 Å². The highest BCUT2D eigenvalue weighted by atomic mass is 35.5. The van der Waals surface area contributed by atoms with Crippen molar-refractivity contribution < 1.29 is 9.53 Å². The molecule has 2 rings (SSSR count). The van der Waals surface area contributed by atoms with Gasteiger partial charge in [-0.2, -0.15) is 0 Å². The van der Waals surface area contributed by atoms with Gasteiger partial charge in [-0.25, -0.2) is 0 Å². The normalized spacial score (nSPS) is 10.2. The molecule has 0 fully saturated rings. The van der Waals surface area contributed by atoms with Crippen molar-refractivity contribution in [2.75, 3.05) is 18.1 Å². The van der Waals surface area contributed by atoms with Gasteiger partial charge in [0.05, 0.1) is 0 Å². The maximum Gasteiger partial charge on any atom is 0.264 e. The summed E-state index contributed by atoms with van der Waals surface area (Å²) in [4.78, 5) is 14.1. The van der Waals surface area contributed by atoms with Gasteiger partial charge in [0.25, 0.3) is 5.91 Å². The molecule has 0 atom stereocenters. The summed E-state index contributed by atoms with van der Waals surface area (Å²) in [5, 5.41) is 0.642. The van der Waals surface area contributed by atoms with E-state index < -0.39 is 0 Å². The molecule has 0 aliphatic heterocycles. The number of amides is 1. The van der Waals surface area contributed by atoms with Gasteiger partial charge in [-0.3, -0.25) is 4.79 Å². The van der Waals surface area contributed by atoms with Crippen LogP contribution in [0.4, 0.5) is 5.69 Å². The highest BCUT2D eigenvalue weighted by Gasteiger charge is 2.16. The second-order valence-electron chi connectivity index (χ2n) is 4.67. The first-order valence-corrected chi connectivity index (χ1v) is 7.24. The van der Waals surface area contributed by atoms with Crippen molar-refractivity contribution in [3.05, 3.63) is 59.1 Å². The smallest absolute Gasteiger partial charge is 0.264 e. The lowest BCUT2D eigenvalue weighted by Gasteiger charge is -2.23. The first-order chi connectivity index (χ1) is 10.1. The van der Waals surface area contributed by atoms with Crippen LogP contribution in [0.5, 0.6) is 5.75 Å². The number of para-hydroxylation sites is 1. The topological polar surface area (TPSA) is 29.5 Å². The Morgan fingerprint density at radius 2 is 1.81 bits per heavy atom. The van der Waals surface area contributed by atoms with E-state index in [2.05, 4.69) is 0 Å². The third kappa shape index (κ3) is 3.99. The van der Waals surface area contributed by atoms with Gasteiger partial charge in [-0.1, -0.05) is 29.8 Å². The molecule has 0 bridgehead atoms. The Morgan fingerprint density at radius 3 is 2.43 bits per heavy atom. The minimum absolute atomic E-state index is 0.00378. The number of aryl methyl sites for hydroxylation is 1. The number of hydrogen-bond acceptors (Lipinski definition) is 2. The molecule has 2 aromatic carbocycles. The molecule has 21 heavy (non-hydrogen) atoms. The maximum atomic E-state index is 12.3. The van der Waals surface area contributed by atoms with Gasteiger partial charge >= 0.3 is 0 Å². The van der Waals surface area contributed by atoms with Gasteiger partial charge in [0, 0.05) is 17.3 Å². The minimum Gasteiger partial charge on any atom is -0.484 e. The molecule has 0 unspecified atom stereocenters. The molecule has 2 aromatic rings. The molecule has 0 heterocycles. The van der Waals surface area contributed by atoms with E-state index in [1.165, 1.54) is 0 Å². The van der Waals surface area contributed by atoms with E-state index in [1.807, 2.05) is 38.1 Å². The number of hydrogen-bond donors (Lipinski definition) is 0. The Morgan fingerprint density at radius 1 is 1.14 bits per heavy atom. The lowest BCUT2D eigenvalue weighted by atomic mass is 10.2. The molecule has 0 spiro atoms. The quantitative estimate of drug-likeness (QED) is 0.833. The highest BCUT2D eigenvalue weighted by molar-refractivity contribution is 6.30. The van der Waals surface area contributed by atoms with Crippen LogP contribution in [0.3, 0.4) is 0 Å². The standard InChI is InChI=1S/C17H18ClNO2/c1-3-19(16-7-5-4-6-13(16)2)17(20)12-21-15-10-8-14(18)9-11-15/h4-11H,3,12H2,1-2H3. The summed E-state index contributed by atoms with van der Waals surface area (Å²) in [6.07, 6.45) is 0. The number of ether oxygens (including phenoxy) is 1. The fourth-order valence-electron chi connectivity index (χ4n) is 2.10. The highest BCUT2D eigenvalue weighted by Crippen LogP contribution is 2.20. The van der Waals surface area contributed by atoms with E-state index in [4.69, 9.17) is 16.3 Å². The average Bonchev–Trinajstić information content (AvgIpc) is 2.49. The number of nitrogens with zero attached hydrogens (tertiary/aromatic N) is 1. The predicted molar refractivity (Wildman–Crippen MR) is 86.2 cm³/mol. The SMILES string of the molecule is CCN(C(=O)COc1ccc(Cl)cc1)c1ccccc1C. The number of likely N-dealkylation sites (N-methyl/N-ethyl adjacent to an activating group) is 1. The van der Waals surface area contributed by atoms with Crippen LogP contribution in [0.2, 0.25) is 5.02 Å². The summed E-state index contributed by atoms with van der Waals surface area (Å²) in [6.45, 7) is 4.55. The molecule has 0 aliphatic rings. The molecule has 0 aromatic heterocycles. The van der Waals surface area contributed by atoms with Crippen LogP contribution < -0.4 is 9.64 Å². The molecule has 0 N–H and O–H groups in total. The van der Waals surface area contributed by atoms with Crippen molar-refractivity contribution in [2.24, 2.45) is 0 Å². The Hall–Kier alpha value is -2.00. The number of halogens is 1. The number of carbonyl (C=O) groups is 1. The van der Waals surface area contributed by atoms with Crippen molar-refractivity contribution in [1.29, 1.82) is 0 Å². The number of carbonyl (C=O) groups excluding carboxylic acids is 1. The Labute approximate surface area is 130 Å². The predicted octanol–water partition coefficient (Wildman–Crippen LogP) is 4.08. The second-order valence-corrected chi connectivity index (χ2v) is 5.10. The summed E-state index contributed by atoms with van der Waals surface area (Å²) >= 11 is 5.81. The van der Waals surface area contributed by atoms with Crippen LogP contribution in [-0.4, -0.2) is 19.1 Å². The van der Waals surface area contributed by atoms with Crippen molar-refractivity contribution in [2.45, 2.75) is 13.8 Å². The van der Waals surface area contributed by atoms with Gasteiger partial charge in [-0.05, 0) is 49.7 Å². The summed E-state index contributed by atoms with van der Waals surface area (Å²) in [6, 6.07) is 14.8. The molecule has 4 heteroatoms. The van der Waals surface area contributed by atoms with E-state index in [9.17, 15) is 4.79 Å². The van der Waals surface area contributed by atoms with Crippen molar-refractivity contribution in [3.8, 4) is 5.75 Å². The monoisotopic (exact) mass is 303 g/mol. The Bertz CT molecular complexity index is 610. The largest absolute Gasteiger partial charge is 0.484 e. The van der Waals surface area contributed by atoms with Crippen molar-refractivity contribution >= 4 is 23.2 Å². The molecule has 0 radical (unpaired) electrons. The zero-order valence-corrected chi connectivity index (χ0v) is 12.9. The second kappa shape index (κ2) is 7.14. The summed E-state index contributed by atoms with van der Waals surface area (Å²) in [5.74, 6) is 0.565.